The van der Waals surface area contributed by atoms with Gasteiger partial charge in [0, 0.05) is 11.8 Å². The molecule has 0 saturated carbocycles. The molecule has 6 nitrogen and oxygen atoms in total. The zero-order valence-corrected chi connectivity index (χ0v) is 15.0. The first-order chi connectivity index (χ1) is 12.5. The fourth-order valence-electron chi connectivity index (χ4n) is 3.00. The van der Waals surface area contributed by atoms with Gasteiger partial charge in [0.25, 0.3) is 0 Å². The zero-order chi connectivity index (χ0) is 18.3. The van der Waals surface area contributed by atoms with Crippen LogP contribution in [0.4, 0.5) is 17.5 Å². The standard InChI is InChI=1S/C20H20N6/c1-12-5-4-6-15(7-12)24-18-10-19(23-11-22-18)26-17-9-14(3)13(2)8-16(17)25-20(26)21/h4-11H,1-3H3,(H2,21,25)(H,22,23,24). The first-order valence-electron chi connectivity index (χ1n) is 8.42. The van der Waals surface area contributed by atoms with Crippen LogP contribution in [0.15, 0.2) is 48.8 Å². The number of nitrogens with zero attached hydrogens (tertiary/aromatic N) is 4. The second-order valence-corrected chi connectivity index (χ2v) is 6.49. The van der Waals surface area contributed by atoms with E-state index in [0.717, 1.165) is 16.7 Å². The van der Waals surface area contributed by atoms with Crippen LogP contribution in [0.3, 0.4) is 0 Å². The van der Waals surface area contributed by atoms with Crippen LogP contribution in [-0.2, 0) is 0 Å². The van der Waals surface area contributed by atoms with E-state index in [4.69, 9.17) is 5.73 Å². The second kappa shape index (κ2) is 6.15. The number of hydrogen-bond acceptors (Lipinski definition) is 5. The number of aromatic nitrogens is 4. The Balaban J connectivity index is 1.78. The number of imidazole rings is 1. The molecule has 0 aliphatic rings. The third kappa shape index (κ3) is 2.86. The molecule has 0 aliphatic carbocycles. The quantitative estimate of drug-likeness (QED) is 0.585. The number of nitrogens with two attached hydrogens (primary N) is 1. The van der Waals surface area contributed by atoms with Crippen molar-refractivity contribution in [3.05, 3.63) is 65.5 Å². The Hall–Kier alpha value is -3.41. The van der Waals surface area contributed by atoms with Crippen molar-refractivity contribution in [2.24, 2.45) is 0 Å². The number of aryl methyl sites for hydroxylation is 3. The predicted octanol–water partition coefficient (Wildman–Crippen LogP) is 4.07. The Kier molecular flexibility index (Phi) is 3.80. The normalized spacial score (nSPS) is 11.0. The lowest BCUT2D eigenvalue weighted by Crippen LogP contribution is -2.04. The lowest BCUT2D eigenvalue weighted by atomic mass is 10.1. The number of rotatable bonds is 3. The summed E-state index contributed by atoms with van der Waals surface area (Å²) in [5.41, 5.74) is 12.5. The van der Waals surface area contributed by atoms with E-state index < -0.39 is 0 Å². The largest absolute Gasteiger partial charge is 0.369 e. The topological polar surface area (TPSA) is 81.7 Å². The molecule has 0 unspecified atom stereocenters. The molecule has 26 heavy (non-hydrogen) atoms. The van der Waals surface area contributed by atoms with E-state index in [-0.39, 0.29) is 0 Å². The summed E-state index contributed by atoms with van der Waals surface area (Å²) in [6, 6.07) is 14.1. The molecule has 130 valence electrons. The number of nitrogen functional groups attached to an aromatic ring is 1. The molecule has 0 spiro atoms. The molecule has 4 rings (SSSR count). The molecule has 2 heterocycles. The summed E-state index contributed by atoms with van der Waals surface area (Å²) in [6.07, 6.45) is 1.53. The Bertz CT molecular complexity index is 1110. The van der Waals surface area contributed by atoms with E-state index in [1.807, 2.05) is 28.8 Å². The molecule has 0 saturated heterocycles. The van der Waals surface area contributed by atoms with Gasteiger partial charge < -0.3 is 11.1 Å². The molecular formula is C20H20N6. The highest BCUT2D eigenvalue weighted by Gasteiger charge is 2.13. The zero-order valence-electron chi connectivity index (χ0n) is 15.0. The molecule has 2 aromatic heterocycles. The van der Waals surface area contributed by atoms with Crippen LogP contribution in [0.25, 0.3) is 16.9 Å². The van der Waals surface area contributed by atoms with E-state index in [9.17, 15) is 0 Å². The monoisotopic (exact) mass is 344 g/mol. The molecule has 0 aliphatic heterocycles. The van der Waals surface area contributed by atoms with Gasteiger partial charge in [-0.25, -0.2) is 15.0 Å². The van der Waals surface area contributed by atoms with E-state index >= 15 is 0 Å². The minimum absolute atomic E-state index is 0.408. The maximum absolute atomic E-state index is 6.18. The lowest BCUT2D eigenvalue weighted by molar-refractivity contribution is 1.01. The minimum Gasteiger partial charge on any atom is -0.369 e. The average Bonchev–Trinajstić information content (AvgIpc) is 2.90. The van der Waals surface area contributed by atoms with Gasteiger partial charge in [0.05, 0.1) is 11.0 Å². The van der Waals surface area contributed by atoms with Crippen molar-refractivity contribution in [1.29, 1.82) is 0 Å². The average molecular weight is 344 g/mol. The van der Waals surface area contributed by atoms with Gasteiger partial charge in [-0.3, -0.25) is 4.57 Å². The van der Waals surface area contributed by atoms with Gasteiger partial charge in [0.1, 0.15) is 18.0 Å². The highest BCUT2D eigenvalue weighted by atomic mass is 15.2. The van der Waals surface area contributed by atoms with Gasteiger partial charge in [-0.05, 0) is 61.7 Å². The summed E-state index contributed by atoms with van der Waals surface area (Å²) in [5, 5.41) is 3.31. The van der Waals surface area contributed by atoms with E-state index in [1.165, 1.54) is 23.0 Å². The number of hydrogen-bond donors (Lipinski definition) is 2. The van der Waals surface area contributed by atoms with Crippen molar-refractivity contribution in [1.82, 2.24) is 19.5 Å². The van der Waals surface area contributed by atoms with Crippen molar-refractivity contribution in [3.8, 4) is 5.82 Å². The summed E-state index contributed by atoms with van der Waals surface area (Å²) in [5.74, 6) is 1.79. The van der Waals surface area contributed by atoms with Crippen molar-refractivity contribution in [2.45, 2.75) is 20.8 Å². The maximum Gasteiger partial charge on any atom is 0.207 e. The van der Waals surface area contributed by atoms with Crippen LogP contribution in [-0.4, -0.2) is 19.5 Å². The van der Waals surface area contributed by atoms with Gasteiger partial charge in [-0.1, -0.05) is 12.1 Å². The van der Waals surface area contributed by atoms with Gasteiger partial charge in [0.2, 0.25) is 5.95 Å². The summed E-state index contributed by atoms with van der Waals surface area (Å²) in [6.45, 7) is 6.20. The Morgan fingerprint density at radius 3 is 2.58 bits per heavy atom. The van der Waals surface area contributed by atoms with Crippen LogP contribution in [0.1, 0.15) is 16.7 Å². The van der Waals surface area contributed by atoms with Crippen LogP contribution in [0, 0.1) is 20.8 Å². The minimum atomic E-state index is 0.408. The fraction of sp³-hybridized carbons (Fsp3) is 0.150. The van der Waals surface area contributed by atoms with Crippen LogP contribution < -0.4 is 11.1 Å². The molecule has 2 aromatic carbocycles. The molecule has 0 amide bonds. The Labute approximate surface area is 151 Å². The van der Waals surface area contributed by atoms with Crippen molar-refractivity contribution < 1.29 is 0 Å². The van der Waals surface area contributed by atoms with Gasteiger partial charge in [-0.15, -0.1) is 0 Å². The van der Waals surface area contributed by atoms with Crippen LogP contribution in [0.2, 0.25) is 0 Å². The molecule has 0 atom stereocenters. The molecule has 6 heteroatoms. The number of fused-ring (bicyclic) bond motifs is 1. The van der Waals surface area contributed by atoms with E-state index in [2.05, 4.69) is 59.2 Å². The van der Waals surface area contributed by atoms with E-state index in [0.29, 0.717) is 17.6 Å². The third-order valence-corrected chi connectivity index (χ3v) is 4.47. The van der Waals surface area contributed by atoms with Gasteiger partial charge >= 0.3 is 0 Å². The molecule has 0 fully saturated rings. The predicted molar refractivity (Wildman–Crippen MR) is 105 cm³/mol. The Morgan fingerprint density at radius 2 is 1.77 bits per heavy atom. The van der Waals surface area contributed by atoms with Crippen molar-refractivity contribution in [2.75, 3.05) is 11.1 Å². The molecule has 4 aromatic rings. The number of benzene rings is 2. The Morgan fingerprint density at radius 1 is 0.962 bits per heavy atom. The first-order valence-corrected chi connectivity index (χ1v) is 8.42. The third-order valence-electron chi connectivity index (χ3n) is 4.47. The smallest absolute Gasteiger partial charge is 0.207 e. The van der Waals surface area contributed by atoms with Crippen LogP contribution in [0.5, 0.6) is 0 Å². The summed E-state index contributed by atoms with van der Waals surface area (Å²) < 4.78 is 1.85. The van der Waals surface area contributed by atoms with E-state index in [1.54, 1.807) is 0 Å². The fourth-order valence-corrected chi connectivity index (χ4v) is 3.00. The van der Waals surface area contributed by atoms with Crippen molar-refractivity contribution >= 4 is 28.5 Å². The second-order valence-electron chi connectivity index (χ2n) is 6.49. The maximum atomic E-state index is 6.18. The summed E-state index contributed by atoms with van der Waals surface area (Å²) in [4.78, 5) is 13.2. The SMILES string of the molecule is Cc1cccc(Nc2cc(-n3c(N)nc4cc(C)c(C)cc43)ncn2)c1. The van der Waals surface area contributed by atoms with Gasteiger partial charge in [-0.2, -0.15) is 0 Å². The highest BCUT2D eigenvalue weighted by Crippen LogP contribution is 2.26. The molecule has 3 N–H and O–H groups in total. The van der Waals surface area contributed by atoms with Gasteiger partial charge in [0.15, 0.2) is 0 Å². The number of anilines is 3. The van der Waals surface area contributed by atoms with Crippen LogP contribution >= 0.6 is 0 Å². The molecule has 0 bridgehead atoms. The number of nitrogens with one attached hydrogen (secondary N) is 1. The summed E-state index contributed by atoms with van der Waals surface area (Å²) >= 11 is 0. The highest BCUT2D eigenvalue weighted by molar-refractivity contribution is 5.82. The molecular weight excluding hydrogens is 324 g/mol. The summed E-state index contributed by atoms with van der Waals surface area (Å²) in [7, 11) is 0. The van der Waals surface area contributed by atoms with Crippen molar-refractivity contribution in [3.63, 3.8) is 0 Å². The lowest BCUT2D eigenvalue weighted by Gasteiger charge is -2.10. The molecule has 0 radical (unpaired) electrons. The first kappa shape index (κ1) is 16.1.